The zero-order chi connectivity index (χ0) is 14.7. The van der Waals surface area contributed by atoms with Crippen molar-refractivity contribution in [1.82, 2.24) is 4.98 Å². The summed E-state index contributed by atoms with van der Waals surface area (Å²) in [7, 11) is 0. The summed E-state index contributed by atoms with van der Waals surface area (Å²) in [6, 6.07) is 16.7. The van der Waals surface area contributed by atoms with E-state index in [1.807, 2.05) is 36.4 Å². The summed E-state index contributed by atoms with van der Waals surface area (Å²) in [4.78, 5) is 15.8. The maximum atomic E-state index is 11.5. The number of aromatic carboxylic acids is 1. The molecule has 0 bridgehead atoms. The van der Waals surface area contributed by atoms with Crippen LogP contribution in [0.2, 0.25) is 0 Å². The van der Waals surface area contributed by atoms with Crippen LogP contribution in [0.4, 0.5) is 0 Å². The van der Waals surface area contributed by atoms with Gasteiger partial charge in [-0.2, -0.15) is 0 Å². The molecule has 0 unspecified atom stereocenters. The number of benzene rings is 2. The van der Waals surface area contributed by atoms with Crippen molar-refractivity contribution in [2.75, 3.05) is 0 Å². The Bertz CT molecular complexity index is 784. The van der Waals surface area contributed by atoms with Gasteiger partial charge in [-0.05, 0) is 11.6 Å². The number of carboxylic acids is 1. The van der Waals surface area contributed by atoms with Crippen LogP contribution in [0, 0.1) is 0 Å². The van der Waals surface area contributed by atoms with Gasteiger partial charge in [0.05, 0.1) is 11.7 Å². The smallest absolute Gasteiger partial charge is 0.340 e. The first-order valence-electron chi connectivity index (χ1n) is 6.53. The molecule has 0 saturated heterocycles. The molecule has 0 spiro atoms. The molecule has 3 aromatic rings. The highest BCUT2D eigenvalue weighted by molar-refractivity contribution is 6.04. The van der Waals surface area contributed by atoms with Gasteiger partial charge in [-0.25, -0.2) is 4.79 Å². The van der Waals surface area contributed by atoms with Gasteiger partial charge in [0, 0.05) is 5.39 Å². The second-order valence-corrected chi connectivity index (χ2v) is 4.59. The van der Waals surface area contributed by atoms with E-state index in [-0.39, 0.29) is 11.3 Å². The largest absolute Gasteiger partial charge is 0.486 e. The van der Waals surface area contributed by atoms with Gasteiger partial charge >= 0.3 is 5.97 Å². The van der Waals surface area contributed by atoms with Crippen molar-refractivity contribution in [2.24, 2.45) is 0 Å². The molecule has 0 atom stereocenters. The van der Waals surface area contributed by atoms with E-state index in [1.165, 1.54) is 6.20 Å². The summed E-state index contributed by atoms with van der Waals surface area (Å²) >= 11 is 0. The molecule has 0 amide bonds. The van der Waals surface area contributed by atoms with E-state index in [0.717, 1.165) is 5.56 Å². The quantitative estimate of drug-likeness (QED) is 0.794. The fourth-order valence-electron chi connectivity index (χ4n) is 2.19. The minimum atomic E-state index is -1.02. The maximum Gasteiger partial charge on any atom is 0.340 e. The lowest BCUT2D eigenvalue weighted by molar-refractivity contribution is 0.0694. The van der Waals surface area contributed by atoms with Crippen molar-refractivity contribution in [1.29, 1.82) is 0 Å². The maximum absolute atomic E-state index is 11.5. The molecule has 1 heterocycles. The van der Waals surface area contributed by atoms with Gasteiger partial charge in [-0.3, -0.25) is 4.98 Å². The highest BCUT2D eigenvalue weighted by Gasteiger charge is 2.16. The minimum absolute atomic E-state index is 0.150. The lowest BCUT2D eigenvalue weighted by Gasteiger charge is -2.11. The Morgan fingerprint density at radius 2 is 1.76 bits per heavy atom. The van der Waals surface area contributed by atoms with Crippen molar-refractivity contribution in [3.8, 4) is 5.75 Å². The van der Waals surface area contributed by atoms with E-state index in [0.29, 0.717) is 17.5 Å². The van der Waals surface area contributed by atoms with Gasteiger partial charge in [0.25, 0.3) is 0 Å². The zero-order valence-electron chi connectivity index (χ0n) is 11.2. The van der Waals surface area contributed by atoms with E-state index >= 15 is 0 Å². The molecule has 0 fully saturated rings. The van der Waals surface area contributed by atoms with E-state index in [2.05, 4.69) is 4.98 Å². The van der Waals surface area contributed by atoms with Crippen molar-refractivity contribution in [2.45, 2.75) is 6.61 Å². The fraction of sp³-hybridized carbons (Fsp3) is 0.0588. The molecule has 1 aromatic heterocycles. The number of aromatic nitrogens is 1. The second kappa shape index (κ2) is 5.63. The Balaban J connectivity index is 1.98. The van der Waals surface area contributed by atoms with Crippen molar-refractivity contribution in [3.63, 3.8) is 0 Å². The van der Waals surface area contributed by atoms with E-state index < -0.39 is 5.97 Å². The average molecular weight is 279 g/mol. The normalized spacial score (nSPS) is 10.5. The molecule has 104 valence electrons. The number of ether oxygens (including phenoxy) is 1. The Kier molecular flexibility index (Phi) is 3.51. The van der Waals surface area contributed by atoms with Crippen molar-refractivity contribution >= 4 is 16.9 Å². The van der Waals surface area contributed by atoms with Crippen LogP contribution >= 0.6 is 0 Å². The number of nitrogens with zero attached hydrogens (tertiary/aromatic N) is 1. The molecule has 4 nitrogen and oxygen atoms in total. The minimum Gasteiger partial charge on any atom is -0.486 e. The van der Waals surface area contributed by atoms with Crippen molar-refractivity contribution in [3.05, 3.63) is 71.9 Å². The van der Waals surface area contributed by atoms with Crippen LogP contribution in [0.15, 0.2) is 60.8 Å². The molecule has 1 N–H and O–H groups in total. The number of hydrogen-bond acceptors (Lipinski definition) is 3. The number of rotatable bonds is 4. The van der Waals surface area contributed by atoms with Gasteiger partial charge in [0.15, 0.2) is 5.75 Å². The van der Waals surface area contributed by atoms with E-state index in [4.69, 9.17) is 4.74 Å². The summed E-state index contributed by atoms with van der Waals surface area (Å²) in [5, 5.41) is 10.0. The second-order valence-electron chi connectivity index (χ2n) is 4.59. The molecular formula is C17H13NO3. The van der Waals surface area contributed by atoms with Crippen LogP contribution in [-0.4, -0.2) is 16.1 Å². The molecule has 4 heteroatoms. The summed E-state index contributed by atoms with van der Waals surface area (Å²) in [6.07, 6.45) is 1.47. The van der Waals surface area contributed by atoms with E-state index in [9.17, 15) is 9.90 Å². The number of pyridine rings is 1. The fourth-order valence-corrected chi connectivity index (χ4v) is 2.19. The van der Waals surface area contributed by atoms with Gasteiger partial charge < -0.3 is 9.84 Å². The Labute approximate surface area is 121 Å². The monoisotopic (exact) mass is 279 g/mol. The predicted octanol–water partition coefficient (Wildman–Crippen LogP) is 3.51. The third-order valence-corrected chi connectivity index (χ3v) is 3.19. The predicted molar refractivity (Wildman–Crippen MR) is 79.5 cm³/mol. The Hall–Kier alpha value is -2.88. The highest BCUT2D eigenvalue weighted by atomic mass is 16.5. The van der Waals surface area contributed by atoms with Gasteiger partial charge in [0.1, 0.15) is 12.2 Å². The standard InChI is InChI=1S/C17H13NO3/c19-17(20)16-13-8-4-5-9-14(13)18-10-15(16)21-11-12-6-2-1-3-7-12/h1-10H,11H2,(H,19,20). The van der Waals surface area contributed by atoms with Gasteiger partial charge in [-0.15, -0.1) is 0 Å². The number of fused-ring (bicyclic) bond motifs is 1. The number of carboxylic acid groups (broad SMARTS) is 1. The van der Waals surface area contributed by atoms with Gasteiger partial charge in [0.2, 0.25) is 0 Å². The molecular weight excluding hydrogens is 266 g/mol. The molecule has 0 aliphatic carbocycles. The summed E-state index contributed by atoms with van der Waals surface area (Å²) < 4.78 is 5.65. The number of hydrogen-bond donors (Lipinski definition) is 1. The third kappa shape index (κ3) is 2.69. The SMILES string of the molecule is O=C(O)c1c(OCc2ccccc2)cnc2ccccc12. The molecule has 0 aliphatic rings. The number of para-hydroxylation sites is 1. The summed E-state index contributed by atoms with van der Waals surface area (Å²) in [6.45, 7) is 0.307. The molecule has 3 rings (SSSR count). The van der Waals surface area contributed by atoms with E-state index in [1.54, 1.807) is 18.2 Å². The van der Waals surface area contributed by atoms with Crippen LogP contribution in [0.5, 0.6) is 5.75 Å². The first-order chi connectivity index (χ1) is 10.3. The Morgan fingerprint density at radius 3 is 2.52 bits per heavy atom. The molecule has 0 radical (unpaired) electrons. The third-order valence-electron chi connectivity index (χ3n) is 3.19. The summed E-state index contributed by atoms with van der Waals surface area (Å²) in [5.74, 6) is -0.735. The molecule has 0 saturated carbocycles. The van der Waals surface area contributed by atoms with Crippen LogP contribution in [0.3, 0.4) is 0 Å². The average Bonchev–Trinajstić information content (AvgIpc) is 2.53. The lowest BCUT2D eigenvalue weighted by atomic mass is 10.1. The highest BCUT2D eigenvalue weighted by Crippen LogP contribution is 2.26. The lowest BCUT2D eigenvalue weighted by Crippen LogP contribution is -2.05. The first-order valence-corrected chi connectivity index (χ1v) is 6.53. The van der Waals surface area contributed by atoms with Crippen LogP contribution in [-0.2, 0) is 6.61 Å². The topological polar surface area (TPSA) is 59.4 Å². The molecule has 2 aromatic carbocycles. The van der Waals surface area contributed by atoms with Gasteiger partial charge in [-0.1, -0.05) is 48.5 Å². The zero-order valence-corrected chi connectivity index (χ0v) is 11.2. The van der Waals surface area contributed by atoms with Crippen molar-refractivity contribution < 1.29 is 14.6 Å². The van der Waals surface area contributed by atoms with Crippen LogP contribution < -0.4 is 4.74 Å². The van der Waals surface area contributed by atoms with Crippen LogP contribution in [0.25, 0.3) is 10.9 Å². The number of carbonyl (C=O) groups is 1. The molecule has 0 aliphatic heterocycles. The van der Waals surface area contributed by atoms with Crippen LogP contribution in [0.1, 0.15) is 15.9 Å². The Morgan fingerprint density at radius 1 is 1.05 bits per heavy atom. The summed E-state index contributed by atoms with van der Waals surface area (Å²) in [5.41, 5.74) is 1.76. The first kappa shape index (κ1) is 13.1. The molecule has 21 heavy (non-hydrogen) atoms.